The highest BCUT2D eigenvalue weighted by molar-refractivity contribution is 5.81. The minimum atomic E-state index is -0.411. The van der Waals surface area contributed by atoms with E-state index in [1.54, 1.807) is 12.1 Å². The van der Waals surface area contributed by atoms with Crippen molar-refractivity contribution < 1.29 is 9.52 Å². The van der Waals surface area contributed by atoms with Crippen LogP contribution in [0.5, 0.6) is 5.75 Å². The van der Waals surface area contributed by atoms with Crippen LogP contribution >= 0.6 is 0 Å². The molecule has 124 valence electrons. The molecule has 0 bridgehead atoms. The van der Waals surface area contributed by atoms with Crippen LogP contribution in [-0.4, -0.2) is 5.11 Å². The first-order chi connectivity index (χ1) is 11.5. The Hall–Kier alpha value is -2.59. The van der Waals surface area contributed by atoms with E-state index in [9.17, 15) is 9.90 Å². The molecule has 2 N–H and O–H groups in total. The van der Waals surface area contributed by atoms with Crippen molar-refractivity contribution in [3.63, 3.8) is 0 Å². The normalized spacial score (nSPS) is 12.6. The molecule has 0 aliphatic rings. The van der Waals surface area contributed by atoms with Crippen LogP contribution in [-0.2, 0) is 6.54 Å². The second-order valence-corrected chi connectivity index (χ2v) is 6.28. The topological polar surface area (TPSA) is 62.5 Å². The van der Waals surface area contributed by atoms with E-state index in [1.807, 2.05) is 18.2 Å². The van der Waals surface area contributed by atoms with Crippen LogP contribution in [0, 0.1) is 5.92 Å². The largest absolute Gasteiger partial charge is 0.508 e. The van der Waals surface area contributed by atoms with E-state index in [4.69, 9.17) is 4.42 Å². The SMILES string of the molecule is CC(C)[C@H](NCc1cc(=O)oc2cc(O)ccc12)c1ccccc1. The second kappa shape index (κ2) is 6.89. The summed E-state index contributed by atoms with van der Waals surface area (Å²) in [5, 5.41) is 13.9. The summed E-state index contributed by atoms with van der Waals surface area (Å²) >= 11 is 0. The zero-order valence-electron chi connectivity index (χ0n) is 13.8. The first kappa shape index (κ1) is 16.3. The first-order valence-electron chi connectivity index (χ1n) is 8.08. The zero-order valence-corrected chi connectivity index (χ0v) is 13.8. The molecule has 3 rings (SSSR count). The Morgan fingerprint density at radius 1 is 1.08 bits per heavy atom. The van der Waals surface area contributed by atoms with Gasteiger partial charge in [-0.15, -0.1) is 0 Å². The molecule has 4 nitrogen and oxygen atoms in total. The van der Waals surface area contributed by atoms with Crippen LogP contribution in [0.2, 0.25) is 0 Å². The van der Waals surface area contributed by atoms with Crippen molar-refractivity contribution in [2.45, 2.75) is 26.4 Å². The highest BCUT2D eigenvalue weighted by Crippen LogP contribution is 2.25. The molecule has 4 heteroatoms. The fourth-order valence-corrected chi connectivity index (χ4v) is 2.98. The van der Waals surface area contributed by atoms with Crippen LogP contribution in [0.25, 0.3) is 11.0 Å². The van der Waals surface area contributed by atoms with Crippen molar-refractivity contribution in [1.29, 1.82) is 0 Å². The predicted molar refractivity (Wildman–Crippen MR) is 95.0 cm³/mol. The van der Waals surface area contributed by atoms with Gasteiger partial charge in [-0.25, -0.2) is 4.79 Å². The number of phenolic OH excluding ortho intramolecular Hbond substituents is 1. The molecule has 0 fully saturated rings. The van der Waals surface area contributed by atoms with Crippen molar-refractivity contribution in [2.24, 2.45) is 5.92 Å². The van der Waals surface area contributed by atoms with E-state index >= 15 is 0 Å². The van der Waals surface area contributed by atoms with Crippen molar-refractivity contribution in [1.82, 2.24) is 5.32 Å². The van der Waals surface area contributed by atoms with E-state index in [1.165, 1.54) is 17.7 Å². The fourth-order valence-electron chi connectivity index (χ4n) is 2.98. The first-order valence-corrected chi connectivity index (χ1v) is 8.08. The third-order valence-corrected chi connectivity index (χ3v) is 4.15. The van der Waals surface area contributed by atoms with Gasteiger partial charge in [-0.05, 0) is 29.2 Å². The van der Waals surface area contributed by atoms with Gasteiger partial charge in [0.1, 0.15) is 11.3 Å². The standard InChI is InChI=1S/C20H21NO3/c1-13(2)20(14-6-4-3-5-7-14)21-12-15-10-19(23)24-18-11-16(22)8-9-17(15)18/h3-11,13,20-22H,12H2,1-2H3/t20-/m0/s1. The molecular formula is C20H21NO3. The molecule has 0 saturated carbocycles. The van der Waals surface area contributed by atoms with Crippen LogP contribution in [0.4, 0.5) is 0 Å². The molecule has 0 spiro atoms. The van der Waals surface area contributed by atoms with Gasteiger partial charge in [0.15, 0.2) is 0 Å². The van der Waals surface area contributed by atoms with Crippen LogP contribution < -0.4 is 10.9 Å². The summed E-state index contributed by atoms with van der Waals surface area (Å²) in [6.45, 7) is 4.88. The van der Waals surface area contributed by atoms with Gasteiger partial charge in [-0.1, -0.05) is 44.2 Å². The van der Waals surface area contributed by atoms with Gasteiger partial charge >= 0.3 is 5.63 Å². The average molecular weight is 323 g/mol. The van der Waals surface area contributed by atoms with E-state index in [2.05, 4.69) is 31.3 Å². The van der Waals surface area contributed by atoms with Crippen molar-refractivity contribution in [3.8, 4) is 5.75 Å². The Morgan fingerprint density at radius 3 is 2.54 bits per heavy atom. The molecule has 2 aromatic carbocycles. The predicted octanol–water partition coefficient (Wildman–Crippen LogP) is 3.99. The lowest BCUT2D eigenvalue weighted by atomic mass is 9.95. The molecule has 0 aliphatic heterocycles. The molecule has 0 unspecified atom stereocenters. The van der Waals surface area contributed by atoms with Crippen LogP contribution in [0.1, 0.15) is 31.0 Å². The molecule has 0 amide bonds. The number of aromatic hydroxyl groups is 1. The minimum Gasteiger partial charge on any atom is -0.508 e. The molecule has 1 aromatic heterocycles. The lowest BCUT2D eigenvalue weighted by Gasteiger charge is -2.23. The highest BCUT2D eigenvalue weighted by Gasteiger charge is 2.16. The van der Waals surface area contributed by atoms with Gasteiger partial charge in [-0.3, -0.25) is 0 Å². The number of rotatable bonds is 5. The average Bonchev–Trinajstić information content (AvgIpc) is 2.55. The summed E-state index contributed by atoms with van der Waals surface area (Å²) in [7, 11) is 0. The smallest absolute Gasteiger partial charge is 0.336 e. The Kier molecular flexibility index (Phi) is 4.67. The van der Waals surface area contributed by atoms with Gasteiger partial charge in [-0.2, -0.15) is 0 Å². The van der Waals surface area contributed by atoms with Gasteiger partial charge in [0.05, 0.1) is 0 Å². The van der Waals surface area contributed by atoms with Crippen molar-refractivity contribution in [2.75, 3.05) is 0 Å². The maximum atomic E-state index is 11.8. The number of hydrogen-bond donors (Lipinski definition) is 2. The summed E-state index contributed by atoms with van der Waals surface area (Å²) in [5.41, 5.74) is 2.08. The van der Waals surface area contributed by atoms with Gasteiger partial charge in [0, 0.05) is 30.1 Å². The number of hydrogen-bond acceptors (Lipinski definition) is 4. The third kappa shape index (κ3) is 3.49. The maximum Gasteiger partial charge on any atom is 0.336 e. The number of nitrogens with one attached hydrogen (secondary N) is 1. The van der Waals surface area contributed by atoms with Gasteiger partial charge < -0.3 is 14.8 Å². The quantitative estimate of drug-likeness (QED) is 0.697. The van der Waals surface area contributed by atoms with E-state index in [0.29, 0.717) is 18.0 Å². The van der Waals surface area contributed by atoms with Crippen molar-refractivity contribution >= 4 is 11.0 Å². The summed E-state index contributed by atoms with van der Waals surface area (Å²) in [6, 6.07) is 16.8. The van der Waals surface area contributed by atoms with E-state index < -0.39 is 5.63 Å². The lowest BCUT2D eigenvalue weighted by Crippen LogP contribution is -2.25. The summed E-state index contributed by atoms with van der Waals surface area (Å²) < 4.78 is 5.18. The van der Waals surface area contributed by atoms with Crippen LogP contribution in [0.15, 0.2) is 63.8 Å². The Morgan fingerprint density at radius 2 is 1.83 bits per heavy atom. The molecule has 1 heterocycles. The van der Waals surface area contributed by atoms with E-state index in [0.717, 1.165) is 10.9 Å². The summed E-state index contributed by atoms with van der Waals surface area (Å²) in [4.78, 5) is 11.8. The number of phenols is 1. The number of fused-ring (bicyclic) bond motifs is 1. The Balaban J connectivity index is 1.90. The third-order valence-electron chi connectivity index (χ3n) is 4.15. The summed E-state index contributed by atoms with van der Waals surface area (Å²) in [6.07, 6.45) is 0. The Bertz CT molecular complexity index is 884. The highest BCUT2D eigenvalue weighted by atomic mass is 16.4. The van der Waals surface area contributed by atoms with Crippen molar-refractivity contribution in [3.05, 3.63) is 76.1 Å². The van der Waals surface area contributed by atoms with Crippen LogP contribution in [0.3, 0.4) is 0 Å². The minimum absolute atomic E-state index is 0.0834. The van der Waals surface area contributed by atoms with Gasteiger partial charge in [0.2, 0.25) is 0 Å². The lowest BCUT2D eigenvalue weighted by molar-refractivity contribution is 0.410. The second-order valence-electron chi connectivity index (χ2n) is 6.28. The van der Waals surface area contributed by atoms with E-state index in [-0.39, 0.29) is 11.8 Å². The fraction of sp³-hybridized carbons (Fsp3) is 0.250. The molecule has 3 aromatic rings. The Labute approximate surface area is 140 Å². The molecule has 0 radical (unpaired) electrons. The zero-order chi connectivity index (χ0) is 17.1. The molecule has 0 aliphatic carbocycles. The molecule has 24 heavy (non-hydrogen) atoms. The summed E-state index contributed by atoms with van der Waals surface area (Å²) in [5.74, 6) is 0.489. The van der Waals surface area contributed by atoms with Gasteiger partial charge in [0.25, 0.3) is 0 Å². The molecule has 0 saturated heterocycles. The molecular weight excluding hydrogens is 302 g/mol. The monoisotopic (exact) mass is 323 g/mol. The number of benzene rings is 2. The molecule has 1 atom stereocenters. The maximum absolute atomic E-state index is 11.8.